The smallest absolute Gasteiger partial charge is 0.336 e. The number of aromatic nitrogens is 1. The van der Waals surface area contributed by atoms with Gasteiger partial charge in [0, 0.05) is 20.4 Å². The first-order valence-electron chi connectivity index (χ1n) is 7.40. The number of aryl methyl sites for hydroxylation is 1. The van der Waals surface area contributed by atoms with Crippen molar-refractivity contribution in [2.75, 3.05) is 0 Å². The molecule has 0 fully saturated rings. The van der Waals surface area contributed by atoms with Crippen molar-refractivity contribution in [3.63, 3.8) is 0 Å². The van der Waals surface area contributed by atoms with Crippen molar-refractivity contribution in [1.82, 2.24) is 4.98 Å². The number of carboxylic acids is 1. The number of carboxylic acid groups (broad SMARTS) is 1. The van der Waals surface area contributed by atoms with Crippen LogP contribution in [0.1, 0.15) is 27.0 Å². The lowest BCUT2D eigenvalue weighted by atomic mass is 9.95. The Morgan fingerprint density at radius 2 is 1.83 bits per heavy atom. The maximum Gasteiger partial charge on any atom is 0.336 e. The first-order chi connectivity index (χ1) is 11.3. The Bertz CT molecular complexity index is 999. The fraction of sp³-hybridized carbons (Fsp3) is 0.158. The molecule has 3 nitrogen and oxygen atoms in total. The predicted molar refractivity (Wildman–Crippen MR) is 101 cm³/mol. The third-order valence-corrected chi connectivity index (χ3v) is 5.40. The number of rotatable bonds is 2. The molecule has 0 bridgehead atoms. The lowest BCUT2D eigenvalue weighted by Gasteiger charge is -2.15. The van der Waals surface area contributed by atoms with Crippen molar-refractivity contribution in [1.29, 1.82) is 0 Å². The van der Waals surface area contributed by atoms with E-state index in [0.717, 1.165) is 21.2 Å². The molecule has 0 amide bonds. The molecule has 1 N–H and O–H groups in total. The third kappa shape index (κ3) is 2.70. The number of hydrogen-bond acceptors (Lipinski definition) is 2. The highest BCUT2D eigenvalue weighted by molar-refractivity contribution is 9.10. The van der Waals surface area contributed by atoms with Gasteiger partial charge in [-0.05, 0) is 55.7 Å². The van der Waals surface area contributed by atoms with Crippen LogP contribution in [0.4, 0.5) is 0 Å². The van der Waals surface area contributed by atoms with Crippen molar-refractivity contribution >= 4 is 44.4 Å². The minimum Gasteiger partial charge on any atom is -0.478 e. The lowest BCUT2D eigenvalue weighted by Crippen LogP contribution is -2.06. The van der Waals surface area contributed by atoms with Gasteiger partial charge in [0.25, 0.3) is 0 Å². The molecular weight excluding hydrogens is 390 g/mol. The number of carbonyl (C=O) groups is 1. The molecule has 3 rings (SSSR count). The molecule has 0 aliphatic carbocycles. The molecular formula is C19H15BrClNO2. The van der Waals surface area contributed by atoms with E-state index >= 15 is 0 Å². The van der Waals surface area contributed by atoms with Crippen LogP contribution in [0.25, 0.3) is 22.2 Å². The normalized spacial score (nSPS) is 11.0. The SMILES string of the molecule is Cc1c(-c2cccc(Cl)c2)nc2c(C)c(C)c(Br)cc2c1C(=O)O. The van der Waals surface area contributed by atoms with Gasteiger partial charge in [-0.3, -0.25) is 0 Å². The standard InChI is InChI=1S/C19H15BrClNO2/c1-9-10(2)18-14(8-15(9)20)16(19(23)24)11(3)17(22-18)12-5-4-6-13(21)7-12/h4-8H,1-3H3,(H,23,24). The summed E-state index contributed by atoms with van der Waals surface area (Å²) in [6.45, 7) is 5.73. The lowest BCUT2D eigenvalue weighted by molar-refractivity contribution is 0.0698. The maximum absolute atomic E-state index is 11.9. The number of benzene rings is 2. The van der Waals surface area contributed by atoms with Crippen LogP contribution in [0, 0.1) is 20.8 Å². The van der Waals surface area contributed by atoms with E-state index in [0.29, 0.717) is 27.2 Å². The van der Waals surface area contributed by atoms with Crippen molar-refractivity contribution in [2.45, 2.75) is 20.8 Å². The summed E-state index contributed by atoms with van der Waals surface area (Å²) in [4.78, 5) is 16.7. The Hall–Kier alpha value is -1.91. The van der Waals surface area contributed by atoms with Crippen LogP contribution >= 0.6 is 27.5 Å². The monoisotopic (exact) mass is 403 g/mol. The Kier molecular flexibility index (Phi) is 4.37. The Morgan fingerprint density at radius 1 is 1.12 bits per heavy atom. The first-order valence-corrected chi connectivity index (χ1v) is 8.57. The van der Waals surface area contributed by atoms with E-state index in [9.17, 15) is 9.90 Å². The summed E-state index contributed by atoms with van der Waals surface area (Å²) < 4.78 is 0.881. The van der Waals surface area contributed by atoms with Gasteiger partial charge in [-0.15, -0.1) is 0 Å². The minimum atomic E-state index is -0.960. The van der Waals surface area contributed by atoms with Crippen molar-refractivity contribution in [3.05, 3.63) is 62.1 Å². The van der Waals surface area contributed by atoms with Crippen LogP contribution in [0.15, 0.2) is 34.8 Å². The second-order valence-electron chi connectivity index (χ2n) is 5.78. The second kappa shape index (κ2) is 6.19. The van der Waals surface area contributed by atoms with Gasteiger partial charge in [0.1, 0.15) is 0 Å². The van der Waals surface area contributed by atoms with Crippen LogP contribution in [-0.2, 0) is 0 Å². The van der Waals surface area contributed by atoms with Gasteiger partial charge in [-0.1, -0.05) is 39.7 Å². The van der Waals surface area contributed by atoms with Crippen molar-refractivity contribution in [2.24, 2.45) is 0 Å². The highest BCUT2D eigenvalue weighted by Gasteiger charge is 2.20. The zero-order valence-corrected chi connectivity index (χ0v) is 15.8. The van der Waals surface area contributed by atoms with Gasteiger partial charge in [0.05, 0.1) is 16.8 Å². The zero-order chi connectivity index (χ0) is 17.6. The zero-order valence-electron chi connectivity index (χ0n) is 13.4. The summed E-state index contributed by atoms with van der Waals surface area (Å²) in [7, 11) is 0. The first kappa shape index (κ1) is 16.9. The Morgan fingerprint density at radius 3 is 2.46 bits per heavy atom. The predicted octanol–water partition coefficient (Wildman–Crippen LogP) is 5.94. The van der Waals surface area contributed by atoms with Gasteiger partial charge in [0.2, 0.25) is 0 Å². The van der Waals surface area contributed by atoms with Crippen LogP contribution in [-0.4, -0.2) is 16.1 Å². The molecule has 0 radical (unpaired) electrons. The van der Waals surface area contributed by atoms with Crippen LogP contribution in [0.2, 0.25) is 5.02 Å². The molecule has 0 aliphatic heterocycles. The summed E-state index contributed by atoms with van der Waals surface area (Å²) in [5.74, 6) is -0.960. The number of aromatic carboxylic acids is 1. The number of nitrogens with zero attached hydrogens (tertiary/aromatic N) is 1. The average Bonchev–Trinajstić information content (AvgIpc) is 2.52. The van der Waals surface area contributed by atoms with E-state index < -0.39 is 5.97 Å². The van der Waals surface area contributed by atoms with E-state index in [1.807, 2.05) is 32.0 Å². The van der Waals surface area contributed by atoms with E-state index in [1.54, 1.807) is 19.1 Å². The minimum absolute atomic E-state index is 0.277. The highest BCUT2D eigenvalue weighted by Crippen LogP contribution is 2.35. The fourth-order valence-electron chi connectivity index (χ4n) is 2.91. The van der Waals surface area contributed by atoms with Gasteiger partial charge < -0.3 is 5.11 Å². The fourth-order valence-corrected chi connectivity index (χ4v) is 3.62. The molecule has 2 aromatic carbocycles. The van der Waals surface area contributed by atoms with Gasteiger partial charge in [0.15, 0.2) is 0 Å². The van der Waals surface area contributed by atoms with Crippen molar-refractivity contribution in [3.8, 4) is 11.3 Å². The summed E-state index contributed by atoms with van der Waals surface area (Å²) in [6, 6.07) is 9.15. The van der Waals surface area contributed by atoms with Crippen LogP contribution in [0.5, 0.6) is 0 Å². The summed E-state index contributed by atoms with van der Waals surface area (Å²) in [5, 5.41) is 11.0. The molecule has 122 valence electrons. The quantitative estimate of drug-likeness (QED) is 0.575. The third-order valence-electron chi connectivity index (χ3n) is 4.34. The summed E-state index contributed by atoms with van der Waals surface area (Å²) in [6.07, 6.45) is 0. The molecule has 1 aromatic heterocycles. The van der Waals surface area contributed by atoms with Crippen LogP contribution < -0.4 is 0 Å². The van der Waals surface area contributed by atoms with Gasteiger partial charge >= 0.3 is 5.97 Å². The summed E-state index contributed by atoms with van der Waals surface area (Å²) >= 11 is 9.60. The Balaban J connectivity index is 2.49. The molecule has 0 saturated heterocycles. The average molecular weight is 405 g/mol. The largest absolute Gasteiger partial charge is 0.478 e. The number of halogens is 2. The number of hydrogen-bond donors (Lipinski definition) is 1. The molecule has 1 heterocycles. The molecule has 24 heavy (non-hydrogen) atoms. The topological polar surface area (TPSA) is 50.2 Å². The molecule has 3 aromatic rings. The molecule has 0 aliphatic rings. The molecule has 0 atom stereocenters. The van der Waals surface area contributed by atoms with Crippen LogP contribution in [0.3, 0.4) is 0 Å². The van der Waals surface area contributed by atoms with E-state index in [4.69, 9.17) is 16.6 Å². The van der Waals surface area contributed by atoms with E-state index in [2.05, 4.69) is 15.9 Å². The molecule has 0 spiro atoms. The van der Waals surface area contributed by atoms with E-state index in [1.165, 1.54) is 0 Å². The highest BCUT2D eigenvalue weighted by atomic mass is 79.9. The number of pyridine rings is 1. The maximum atomic E-state index is 11.9. The molecule has 0 unspecified atom stereocenters. The molecule has 0 saturated carbocycles. The van der Waals surface area contributed by atoms with Gasteiger partial charge in [-0.2, -0.15) is 0 Å². The molecule has 5 heteroatoms. The van der Waals surface area contributed by atoms with Gasteiger partial charge in [-0.25, -0.2) is 9.78 Å². The summed E-state index contributed by atoms with van der Waals surface area (Å²) in [5.41, 5.74) is 5.08. The van der Waals surface area contributed by atoms with E-state index in [-0.39, 0.29) is 5.56 Å². The second-order valence-corrected chi connectivity index (χ2v) is 7.07. The Labute approximate surface area is 153 Å². The number of fused-ring (bicyclic) bond motifs is 1. The van der Waals surface area contributed by atoms with Crippen molar-refractivity contribution < 1.29 is 9.90 Å².